The summed E-state index contributed by atoms with van der Waals surface area (Å²) in [6, 6.07) is 5.73. The Morgan fingerprint density at radius 3 is 2.55 bits per heavy atom. The maximum absolute atomic E-state index is 10.7. The first-order valence-electron chi connectivity index (χ1n) is 6.64. The van der Waals surface area contributed by atoms with E-state index in [9.17, 15) is 4.79 Å². The molecular weight excluding hydrogens is 286 g/mol. The minimum Gasteiger partial charge on any atom is -0.493 e. The number of nitrogens with zero attached hydrogens (tertiary/aromatic N) is 2. The third-order valence-corrected chi connectivity index (χ3v) is 3.04. The standard InChI is InChI=1S/C15H17N3O4/c1-21-12-4-3-10(7-13(12)22-2)5-6-16-14-9-17-11(8-18-14)15(19)20/h3-4,7-9H,5-6H2,1-2H3,(H,16,18)(H,19,20). The number of hydrogen-bond donors (Lipinski definition) is 2. The second-order valence-corrected chi connectivity index (χ2v) is 4.46. The van der Waals surface area contributed by atoms with Crippen LogP contribution in [-0.2, 0) is 6.42 Å². The van der Waals surface area contributed by atoms with Crippen molar-refractivity contribution in [3.63, 3.8) is 0 Å². The zero-order chi connectivity index (χ0) is 15.9. The number of methoxy groups -OCH3 is 2. The Balaban J connectivity index is 1.92. The number of anilines is 1. The molecule has 116 valence electrons. The van der Waals surface area contributed by atoms with Gasteiger partial charge in [0.1, 0.15) is 5.82 Å². The van der Waals surface area contributed by atoms with Crippen LogP contribution in [0.5, 0.6) is 11.5 Å². The molecule has 2 rings (SSSR count). The van der Waals surface area contributed by atoms with Gasteiger partial charge in [-0.2, -0.15) is 0 Å². The number of hydrogen-bond acceptors (Lipinski definition) is 6. The number of nitrogens with one attached hydrogen (secondary N) is 1. The van der Waals surface area contributed by atoms with Crippen LogP contribution in [0.1, 0.15) is 16.1 Å². The number of carbonyl (C=O) groups is 1. The van der Waals surface area contributed by atoms with E-state index in [0.29, 0.717) is 23.9 Å². The van der Waals surface area contributed by atoms with Gasteiger partial charge in [-0.3, -0.25) is 0 Å². The molecule has 0 aliphatic carbocycles. The summed E-state index contributed by atoms with van der Waals surface area (Å²) in [6.45, 7) is 0.635. The summed E-state index contributed by atoms with van der Waals surface area (Å²) in [5.74, 6) is 0.815. The molecule has 7 nitrogen and oxygen atoms in total. The van der Waals surface area contributed by atoms with E-state index in [0.717, 1.165) is 12.0 Å². The van der Waals surface area contributed by atoms with Crippen LogP contribution in [0.4, 0.5) is 5.82 Å². The Morgan fingerprint density at radius 2 is 1.95 bits per heavy atom. The van der Waals surface area contributed by atoms with Gasteiger partial charge in [0, 0.05) is 6.54 Å². The fourth-order valence-corrected chi connectivity index (χ4v) is 1.90. The first kappa shape index (κ1) is 15.6. The van der Waals surface area contributed by atoms with Gasteiger partial charge in [0.15, 0.2) is 17.2 Å². The average Bonchev–Trinajstić information content (AvgIpc) is 2.55. The largest absolute Gasteiger partial charge is 0.493 e. The number of aromatic nitrogens is 2. The van der Waals surface area contributed by atoms with Gasteiger partial charge in [-0.05, 0) is 24.1 Å². The molecule has 1 aromatic heterocycles. The smallest absolute Gasteiger partial charge is 0.356 e. The molecule has 2 aromatic rings. The molecule has 0 fully saturated rings. The van der Waals surface area contributed by atoms with E-state index < -0.39 is 5.97 Å². The normalized spacial score (nSPS) is 10.1. The minimum atomic E-state index is -1.09. The van der Waals surface area contributed by atoms with E-state index in [-0.39, 0.29) is 5.69 Å². The van der Waals surface area contributed by atoms with Crippen molar-refractivity contribution in [1.82, 2.24) is 9.97 Å². The lowest BCUT2D eigenvalue weighted by atomic mass is 10.1. The fourth-order valence-electron chi connectivity index (χ4n) is 1.90. The maximum atomic E-state index is 10.7. The van der Waals surface area contributed by atoms with Crippen molar-refractivity contribution in [2.45, 2.75) is 6.42 Å². The Hall–Kier alpha value is -2.83. The Morgan fingerprint density at radius 1 is 1.18 bits per heavy atom. The van der Waals surface area contributed by atoms with E-state index in [1.54, 1.807) is 14.2 Å². The molecule has 7 heteroatoms. The van der Waals surface area contributed by atoms with Crippen molar-refractivity contribution in [1.29, 1.82) is 0 Å². The van der Waals surface area contributed by atoms with Crippen LogP contribution in [0.2, 0.25) is 0 Å². The van der Waals surface area contributed by atoms with Gasteiger partial charge in [0.25, 0.3) is 0 Å². The topological polar surface area (TPSA) is 93.6 Å². The number of rotatable bonds is 7. The van der Waals surface area contributed by atoms with Gasteiger partial charge in [0.05, 0.1) is 26.6 Å². The molecule has 0 bridgehead atoms. The van der Waals surface area contributed by atoms with Gasteiger partial charge >= 0.3 is 5.97 Å². The molecule has 0 atom stereocenters. The van der Waals surface area contributed by atoms with Crippen molar-refractivity contribution in [2.24, 2.45) is 0 Å². The average molecular weight is 303 g/mol. The molecule has 2 N–H and O–H groups in total. The molecule has 0 amide bonds. The van der Waals surface area contributed by atoms with Crippen LogP contribution < -0.4 is 14.8 Å². The molecule has 0 spiro atoms. The quantitative estimate of drug-likeness (QED) is 0.806. The lowest BCUT2D eigenvalue weighted by Gasteiger charge is -2.10. The Kier molecular flexibility index (Phi) is 5.13. The highest BCUT2D eigenvalue weighted by Crippen LogP contribution is 2.27. The van der Waals surface area contributed by atoms with E-state index in [4.69, 9.17) is 14.6 Å². The number of benzene rings is 1. The molecule has 0 aliphatic heterocycles. The lowest BCUT2D eigenvalue weighted by Crippen LogP contribution is -2.08. The van der Waals surface area contributed by atoms with E-state index >= 15 is 0 Å². The maximum Gasteiger partial charge on any atom is 0.356 e. The third kappa shape index (κ3) is 3.85. The number of ether oxygens (including phenoxy) is 2. The van der Waals surface area contributed by atoms with Crippen LogP contribution >= 0.6 is 0 Å². The highest BCUT2D eigenvalue weighted by molar-refractivity contribution is 5.84. The van der Waals surface area contributed by atoms with Crippen molar-refractivity contribution in [3.8, 4) is 11.5 Å². The number of carboxylic acids is 1. The summed E-state index contributed by atoms with van der Waals surface area (Å²) in [5.41, 5.74) is 1.01. The van der Waals surface area contributed by atoms with Gasteiger partial charge in [-0.1, -0.05) is 6.07 Å². The van der Waals surface area contributed by atoms with Crippen molar-refractivity contribution in [2.75, 3.05) is 26.1 Å². The zero-order valence-corrected chi connectivity index (χ0v) is 12.4. The predicted octanol–water partition coefficient (Wildman–Crippen LogP) is 1.85. The fraction of sp³-hybridized carbons (Fsp3) is 0.267. The van der Waals surface area contributed by atoms with E-state index in [2.05, 4.69) is 15.3 Å². The zero-order valence-electron chi connectivity index (χ0n) is 12.4. The molecule has 1 aromatic carbocycles. The first-order chi connectivity index (χ1) is 10.6. The molecule has 1 heterocycles. The van der Waals surface area contributed by atoms with Crippen LogP contribution in [-0.4, -0.2) is 41.8 Å². The molecule has 0 saturated carbocycles. The second kappa shape index (κ2) is 7.26. The number of aromatic carboxylic acids is 1. The monoisotopic (exact) mass is 303 g/mol. The number of carboxylic acid groups (broad SMARTS) is 1. The third-order valence-electron chi connectivity index (χ3n) is 3.04. The van der Waals surface area contributed by atoms with Crippen LogP contribution in [0.3, 0.4) is 0 Å². The van der Waals surface area contributed by atoms with Crippen molar-refractivity contribution in [3.05, 3.63) is 41.9 Å². The Bertz CT molecular complexity index is 644. The highest BCUT2D eigenvalue weighted by Gasteiger charge is 2.06. The molecule has 0 aliphatic rings. The molecule has 0 radical (unpaired) electrons. The van der Waals surface area contributed by atoms with Gasteiger partial charge in [0.2, 0.25) is 0 Å². The van der Waals surface area contributed by atoms with Crippen LogP contribution in [0.25, 0.3) is 0 Å². The molecule has 22 heavy (non-hydrogen) atoms. The SMILES string of the molecule is COc1ccc(CCNc2cnc(C(=O)O)cn2)cc1OC. The van der Waals surface area contributed by atoms with Crippen LogP contribution in [0, 0.1) is 0 Å². The molecular formula is C15H17N3O4. The summed E-state index contributed by atoms with van der Waals surface area (Å²) in [4.78, 5) is 18.5. The van der Waals surface area contributed by atoms with Crippen LogP contribution in [0.15, 0.2) is 30.6 Å². The first-order valence-corrected chi connectivity index (χ1v) is 6.64. The highest BCUT2D eigenvalue weighted by atomic mass is 16.5. The van der Waals surface area contributed by atoms with Crippen molar-refractivity contribution < 1.29 is 19.4 Å². The minimum absolute atomic E-state index is 0.0783. The van der Waals surface area contributed by atoms with Gasteiger partial charge < -0.3 is 19.9 Å². The van der Waals surface area contributed by atoms with Gasteiger partial charge in [-0.15, -0.1) is 0 Å². The summed E-state index contributed by atoms with van der Waals surface area (Å²) in [5, 5.41) is 11.8. The van der Waals surface area contributed by atoms with E-state index in [1.165, 1.54) is 12.4 Å². The molecule has 0 unspecified atom stereocenters. The summed E-state index contributed by atoms with van der Waals surface area (Å²) in [7, 11) is 3.19. The summed E-state index contributed by atoms with van der Waals surface area (Å²) >= 11 is 0. The lowest BCUT2D eigenvalue weighted by molar-refractivity contribution is 0.0690. The predicted molar refractivity (Wildman–Crippen MR) is 80.7 cm³/mol. The van der Waals surface area contributed by atoms with E-state index in [1.807, 2.05) is 18.2 Å². The van der Waals surface area contributed by atoms with Gasteiger partial charge in [-0.25, -0.2) is 14.8 Å². The summed E-state index contributed by atoms with van der Waals surface area (Å²) in [6.07, 6.45) is 3.38. The molecule has 0 saturated heterocycles. The Labute approximate surface area is 127 Å². The second-order valence-electron chi connectivity index (χ2n) is 4.46. The van der Waals surface area contributed by atoms with Crippen molar-refractivity contribution >= 4 is 11.8 Å². The summed E-state index contributed by atoms with van der Waals surface area (Å²) < 4.78 is 10.4.